The maximum atomic E-state index is 12.0. The Hall–Kier alpha value is -2.88. The third-order valence-corrected chi connectivity index (χ3v) is 3.72. The predicted octanol–water partition coefficient (Wildman–Crippen LogP) is 2.48. The maximum Gasteiger partial charge on any atom is 0.280 e. The molecule has 2 aromatic rings. The molecule has 4 nitrogen and oxygen atoms in total. The smallest absolute Gasteiger partial charge is 0.280 e. The Balaban J connectivity index is 2.02. The number of benzene rings is 2. The lowest BCUT2D eigenvalue weighted by molar-refractivity contribution is 0.100. The van der Waals surface area contributed by atoms with E-state index in [1.807, 2.05) is 24.3 Å². The third-order valence-electron chi connectivity index (χ3n) is 3.72. The average molecular weight is 291 g/mol. The molecule has 4 N–H and O–H groups in total. The van der Waals surface area contributed by atoms with Crippen LogP contribution in [0.4, 0.5) is 0 Å². The summed E-state index contributed by atoms with van der Waals surface area (Å²) in [5, 5.41) is 0. The van der Waals surface area contributed by atoms with E-state index in [2.05, 4.69) is 29.3 Å². The average Bonchev–Trinajstić information content (AvgIpc) is 2.54. The molecule has 2 aromatic carbocycles. The number of allylic oxidation sites excluding steroid dienone is 1. The number of carbonyl (C=O) groups is 1. The van der Waals surface area contributed by atoms with E-state index in [0.717, 1.165) is 24.0 Å². The summed E-state index contributed by atoms with van der Waals surface area (Å²) in [6.07, 6.45) is 4.26. The number of fused-ring (bicyclic) bond motifs is 1. The molecular weight excluding hydrogens is 274 g/mol. The molecule has 0 saturated heterocycles. The fraction of sp³-hybridized carbons (Fsp3) is 0.111. The van der Waals surface area contributed by atoms with Gasteiger partial charge in [-0.25, -0.2) is 0 Å². The SMILES string of the molecule is NC(N)=NC(=O)c1cccc(C2=CCCc3ccccc32)c1. The molecule has 0 spiro atoms. The Bertz CT molecular complexity index is 786. The summed E-state index contributed by atoms with van der Waals surface area (Å²) >= 11 is 0. The lowest BCUT2D eigenvalue weighted by Gasteiger charge is -2.18. The van der Waals surface area contributed by atoms with Gasteiger partial charge in [0.2, 0.25) is 0 Å². The second kappa shape index (κ2) is 5.85. The molecule has 3 rings (SSSR count). The second-order valence-electron chi connectivity index (χ2n) is 5.24. The fourth-order valence-electron chi connectivity index (χ4n) is 2.76. The van der Waals surface area contributed by atoms with Crippen molar-refractivity contribution < 1.29 is 4.79 Å². The first-order valence-electron chi connectivity index (χ1n) is 7.18. The summed E-state index contributed by atoms with van der Waals surface area (Å²) in [6.45, 7) is 0. The van der Waals surface area contributed by atoms with E-state index in [1.54, 1.807) is 6.07 Å². The van der Waals surface area contributed by atoms with Crippen LogP contribution in [0.15, 0.2) is 59.6 Å². The van der Waals surface area contributed by atoms with Crippen molar-refractivity contribution in [3.8, 4) is 0 Å². The quantitative estimate of drug-likeness (QED) is 0.659. The molecule has 0 aromatic heterocycles. The van der Waals surface area contributed by atoms with E-state index in [4.69, 9.17) is 11.5 Å². The van der Waals surface area contributed by atoms with Crippen LogP contribution >= 0.6 is 0 Å². The molecule has 0 atom stereocenters. The first-order chi connectivity index (χ1) is 10.6. The number of nitrogens with zero attached hydrogens (tertiary/aromatic N) is 1. The highest BCUT2D eigenvalue weighted by molar-refractivity contribution is 6.02. The minimum atomic E-state index is -0.424. The Kier molecular flexibility index (Phi) is 3.74. The van der Waals surface area contributed by atoms with Gasteiger partial charge >= 0.3 is 0 Å². The summed E-state index contributed by atoms with van der Waals surface area (Å²) < 4.78 is 0. The summed E-state index contributed by atoms with van der Waals surface area (Å²) in [5.41, 5.74) is 15.7. The molecule has 0 fully saturated rings. The van der Waals surface area contributed by atoms with Crippen LogP contribution in [-0.2, 0) is 6.42 Å². The number of guanidine groups is 1. The van der Waals surface area contributed by atoms with Crippen LogP contribution in [-0.4, -0.2) is 11.9 Å². The van der Waals surface area contributed by atoms with Crippen molar-refractivity contribution in [3.63, 3.8) is 0 Å². The topological polar surface area (TPSA) is 81.5 Å². The minimum absolute atomic E-state index is 0.224. The number of amides is 1. The zero-order chi connectivity index (χ0) is 15.5. The molecule has 0 radical (unpaired) electrons. The van der Waals surface area contributed by atoms with E-state index < -0.39 is 5.91 Å². The molecule has 0 heterocycles. The van der Waals surface area contributed by atoms with Gasteiger partial charge in [0.05, 0.1) is 0 Å². The molecule has 110 valence electrons. The van der Waals surface area contributed by atoms with Crippen LogP contribution in [0.1, 0.15) is 33.5 Å². The summed E-state index contributed by atoms with van der Waals surface area (Å²) in [7, 11) is 0. The fourth-order valence-corrected chi connectivity index (χ4v) is 2.76. The van der Waals surface area contributed by atoms with Crippen LogP contribution in [0.5, 0.6) is 0 Å². The van der Waals surface area contributed by atoms with Crippen LogP contribution < -0.4 is 11.5 Å². The highest BCUT2D eigenvalue weighted by atomic mass is 16.1. The lowest BCUT2D eigenvalue weighted by Crippen LogP contribution is -2.24. The Labute approximate surface area is 129 Å². The van der Waals surface area contributed by atoms with Crippen LogP contribution in [0, 0.1) is 0 Å². The summed E-state index contributed by atoms with van der Waals surface area (Å²) in [4.78, 5) is 15.6. The number of aliphatic imine (C=N–C) groups is 1. The Morgan fingerprint density at radius 3 is 2.68 bits per heavy atom. The van der Waals surface area contributed by atoms with Gasteiger partial charge < -0.3 is 11.5 Å². The monoisotopic (exact) mass is 291 g/mol. The predicted molar refractivity (Wildman–Crippen MR) is 88.4 cm³/mol. The molecule has 22 heavy (non-hydrogen) atoms. The molecule has 1 aliphatic carbocycles. The maximum absolute atomic E-state index is 12.0. The summed E-state index contributed by atoms with van der Waals surface area (Å²) in [5.74, 6) is -0.649. The molecule has 0 unspecified atom stereocenters. The van der Waals surface area contributed by atoms with Crippen LogP contribution in [0.2, 0.25) is 0 Å². The number of rotatable bonds is 2. The van der Waals surface area contributed by atoms with E-state index in [9.17, 15) is 4.79 Å². The van der Waals surface area contributed by atoms with Gasteiger partial charge in [0.25, 0.3) is 5.91 Å². The van der Waals surface area contributed by atoms with Gasteiger partial charge in [0.15, 0.2) is 5.96 Å². The lowest BCUT2D eigenvalue weighted by atomic mass is 9.86. The van der Waals surface area contributed by atoms with Gasteiger partial charge in [-0.05, 0) is 47.2 Å². The van der Waals surface area contributed by atoms with Gasteiger partial charge in [0, 0.05) is 5.56 Å². The Morgan fingerprint density at radius 1 is 1.05 bits per heavy atom. The van der Waals surface area contributed by atoms with Gasteiger partial charge in [-0.2, -0.15) is 4.99 Å². The normalized spacial score (nSPS) is 13.0. The number of hydrogen-bond acceptors (Lipinski definition) is 1. The largest absolute Gasteiger partial charge is 0.370 e. The standard InChI is InChI=1S/C18H17N3O/c19-18(20)21-17(22)14-8-3-7-13(11-14)16-10-4-6-12-5-1-2-9-15(12)16/h1-3,5,7-11H,4,6H2,(H4,19,20,21,22). The van der Waals surface area contributed by atoms with E-state index in [1.165, 1.54) is 11.1 Å². The number of aryl methyl sites for hydroxylation is 1. The van der Waals surface area contributed by atoms with Crippen molar-refractivity contribution in [1.82, 2.24) is 0 Å². The van der Waals surface area contributed by atoms with Crippen LogP contribution in [0.3, 0.4) is 0 Å². The second-order valence-corrected chi connectivity index (χ2v) is 5.24. The van der Waals surface area contributed by atoms with Crippen molar-refractivity contribution in [3.05, 3.63) is 76.9 Å². The third kappa shape index (κ3) is 2.76. The molecule has 4 heteroatoms. The highest BCUT2D eigenvalue weighted by Crippen LogP contribution is 2.31. The van der Waals surface area contributed by atoms with Crippen molar-refractivity contribution in [2.45, 2.75) is 12.8 Å². The van der Waals surface area contributed by atoms with E-state index >= 15 is 0 Å². The van der Waals surface area contributed by atoms with E-state index in [0.29, 0.717) is 5.56 Å². The van der Waals surface area contributed by atoms with Crippen molar-refractivity contribution >= 4 is 17.4 Å². The molecule has 1 amide bonds. The van der Waals surface area contributed by atoms with Gasteiger partial charge in [-0.1, -0.05) is 42.5 Å². The first kappa shape index (κ1) is 14.1. The minimum Gasteiger partial charge on any atom is -0.370 e. The Morgan fingerprint density at radius 2 is 1.86 bits per heavy atom. The number of carbonyl (C=O) groups excluding carboxylic acids is 1. The molecular formula is C18H17N3O. The molecule has 0 bridgehead atoms. The van der Waals surface area contributed by atoms with Crippen molar-refractivity contribution in [2.75, 3.05) is 0 Å². The summed E-state index contributed by atoms with van der Waals surface area (Å²) in [6, 6.07) is 15.8. The number of hydrogen-bond donors (Lipinski definition) is 2. The van der Waals surface area contributed by atoms with Gasteiger partial charge in [-0.3, -0.25) is 4.79 Å². The van der Waals surface area contributed by atoms with Crippen LogP contribution in [0.25, 0.3) is 5.57 Å². The van der Waals surface area contributed by atoms with Crippen molar-refractivity contribution in [1.29, 1.82) is 0 Å². The highest BCUT2D eigenvalue weighted by Gasteiger charge is 2.14. The van der Waals surface area contributed by atoms with Crippen molar-refractivity contribution in [2.24, 2.45) is 16.5 Å². The van der Waals surface area contributed by atoms with Gasteiger partial charge in [-0.15, -0.1) is 0 Å². The molecule has 1 aliphatic rings. The molecule has 0 saturated carbocycles. The number of nitrogens with two attached hydrogens (primary N) is 2. The van der Waals surface area contributed by atoms with E-state index in [-0.39, 0.29) is 5.96 Å². The molecule has 0 aliphatic heterocycles. The van der Waals surface area contributed by atoms with Gasteiger partial charge in [0.1, 0.15) is 0 Å². The first-order valence-corrected chi connectivity index (χ1v) is 7.18. The zero-order valence-electron chi connectivity index (χ0n) is 12.1. The zero-order valence-corrected chi connectivity index (χ0v) is 12.1.